The number of benzene rings is 1. The van der Waals surface area contributed by atoms with Crippen molar-refractivity contribution in [2.75, 3.05) is 0 Å². The van der Waals surface area contributed by atoms with E-state index in [1.54, 1.807) is 30.7 Å². The Balaban J connectivity index is 1.92. The smallest absolute Gasteiger partial charge is 0.258 e. The molecule has 0 saturated heterocycles. The molecule has 0 aliphatic heterocycles. The largest absolute Gasteiger partial charge is 0.334 e. The Morgan fingerprint density at radius 1 is 1.15 bits per heavy atom. The van der Waals surface area contributed by atoms with Crippen molar-refractivity contribution in [3.05, 3.63) is 42.9 Å². The van der Waals surface area contributed by atoms with Gasteiger partial charge in [-0.2, -0.15) is 9.98 Å². The molecular weight excluding hydrogens is 274 g/mol. The normalized spacial score (nSPS) is 10.0. The molecule has 1 aromatic carbocycles. The summed E-state index contributed by atoms with van der Waals surface area (Å²) in [6, 6.07) is 7.22. The molecule has 0 amide bonds. The van der Waals surface area contributed by atoms with Crippen molar-refractivity contribution in [1.82, 2.24) is 20.1 Å². The molecule has 0 fully saturated rings. The van der Waals surface area contributed by atoms with Gasteiger partial charge < -0.3 is 4.52 Å². The Morgan fingerprint density at radius 3 is 2.70 bits per heavy atom. The Bertz CT molecular complexity index is 763. The molecule has 3 aromatic rings. The Hall–Kier alpha value is -2.76. The van der Waals surface area contributed by atoms with Gasteiger partial charge in [-0.3, -0.25) is 4.98 Å². The van der Waals surface area contributed by atoms with E-state index in [1.165, 1.54) is 0 Å². The first kappa shape index (κ1) is 12.3. The third kappa shape index (κ3) is 2.49. The van der Waals surface area contributed by atoms with Crippen LogP contribution in [0.3, 0.4) is 0 Å². The maximum absolute atomic E-state index is 5.21. The minimum Gasteiger partial charge on any atom is -0.334 e. The fourth-order valence-electron chi connectivity index (χ4n) is 1.59. The lowest BCUT2D eigenvalue weighted by molar-refractivity contribution is 0.432. The summed E-state index contributed by atoms with van der Waals surface area (Å²) in [5.41, 5.74) is 2.07. The van der Waals surface area contributed by atoms with E-state index in [2.05, 4.69) is 42.5 Å². The first-order valence-electron chi connectivity index (χ1n) is 5.65. The van der Waals surface area contributed by atoms with Gasteiger partial charge in [0.2, 0.25) is 5.82 Å². The van der Waals surface area contributed by atoms with Crippen molar-refractivity contribution in [3.63, 3.8) is 0 Å². The van der Waals surface area contributed by atoms with Crippen molar-refractivity contribution in [2.45, 2.75) is 0 Å². The van der Waals surface area contributed by atoms with Crippen LogP contribution in [0.5, 0.6) is 0 Å². The van der Waals surface area contributed by atoms with Gasteiger partial charge in [0.05, 0.1) is 17.0 Å². The fourth-order valence-corrected chi connectivity index (χ4v) is 1.70. The summed E-state index contributed by atoms with van der Waals surface area (Å²) in [4.78, 5) is 16.2. The Kier molecular flexibility index (Phi) is 3.36. The van der Waals surface area contributed by atoms with Crippen LogP contribution < -0.4 is 0 Å². The molecule has 0 aliphatic rings. The summed E-state index contributed by atoms with van der Waals surface area (Å²) in [7, 11) is 0. The van der Waals surface area contributed by atoms with E-state index in [4.69, 9.17) is 4.52 Å². The number of hydrogen-bond acceptors (Lipinski definition) is 7. The van der Waals surface area contributed by atoms with Crippen molar-refractivity contribution in [3.8, 4) is 23.0 Å². The van der Waals surface area contributed by atoms with Gasteiger partial charge in [0.15, 0.2) is 0 Å². The van der Waals surface area contributed by atoms with Gasteiger partial charge in [-0.05, 0) is 36.5 Å². The molecule has 0 radical (unpaired) electrons. The van der Waals surface area contributed by atoms with Gasteiger partial charge in [0.25, 0.3) is 5.89 Å². The van der Waals surface area contributed by atoms with Gasteiger partial charge in [-0.15, -0.1) is 0 Å². The van der Waals surface area contributed by atoms with E-state index >= 15 is 0 Å². The molecule has 2 heterocycles. The topological polar surface area (TPSA) is 77.1 Å². The van der Waals surface area contributed by atoms with E-state index in [-0.39, 0.29) is 0 Å². The summed E-state index contributed by atoms with van der Waals surface area (Å²) in [6.07, 6.45) is 4.73. The average molecular weight is 281 g/mol. The predicted molar refractivity (Wildman–Crippen MR) is 75.4 cm³/mol. The second kappa shape index (κ2) is 5.48. The fraction of sp³-hybridized carbons (Fsp3) is 0. The first-order chi connectivity index (χ1) is 9.86. The summed E-state index contributed by atoms with van der Waals surface area (Å²) in [6.45, 7) is 0. The minimum absolute atomic E-state index is 0.397. The third-order valence-corrected chi connectivity index (χ3v) is 2.60. The third-order valence-electron chi connectivity index (χ3n) is 2.51. The van der Waals surface area contributed by atoms with E-state index in [1.807, 2.05) is 12.1 Å². The predicted octanol–water partition coefficient (Wildman–Crippen LogP) is 2.93. The van der Waals surface area contributed by atoms with Gasteiger partial charge in [-0.1, -0.05) is 5.16 Å². The molecule has 0 unspecified atom stereocenters. The Labute approximate surface area is 119 Å². The zero-order valence-corrected chi connectivity index (χ0v) is 10.9. The van der Waals surface area contributed by atoms with Crippen LogP contribution >= 0.6 is 12.2 Å². The lowest BCUT2D eigenvalue weighted by atomic mass is 10.2. The number of rotatable bonds is 3. The molecule has 2 aromatic heterocycles. The SMILES string of the molecule is S=C=Nc1ccc(-c2nc(-c3cnccn3)no2)cc1. The maximum atomic E-state index is 5.21. The lowest BCUT2D eigenvalue weighted by Gasteiger charge is -1.94. The molecule has 0 bridgehead atoms. The van der Waals surface area contributed by atoms with Gasteiger partial charge in [0.1, 0.15) is 5.69 Å². The summed E-state index contributed by atoms with van der Waals surface area (Å²) < 4.78 is 5.21. The molecule has 0 N–H and O–H groups in total. The van der Waals surface area contributed by atoms with Gasteiger partial charge in [0, 0.05) is 18.0 Å². The minimum atomic E-state index is 0.397. The molecule has 0 aliphatic carbocycles. The first-order valence-corrected chi connectivity index (χ1v) is 6.06. The van der Waals surface area contributed by atoms with E-state index < -0.39 is 0 Å². The number of thiocarbonyl (C=S) groups is 1. The van der Waals surface area contributed by atoms with Crippen LogP contribution in [-0.4, -0.2) is 25.3 Å². The maximum Gasteiger partial charge on any atom is 0.258 e. The highest BCUT2D eigenvalue weighted by Crippen LogP contribution is 2.23. The highest BCUT2D eigenvalue weighted by atomic mass is 32.1. The van der Waals surface area contributed by atoms with Crippen molar-refractivity contribution >= 4 is 23.1 Å². The molecule has 96 valence electrons. The van der Waals surface area contributed by atoms with Crippen LogP contribution in [0.4, 0.5) is 5.69 Å². The Morgan fingerprint density at radius 2 is 2.00 bits per heavy atom. The molecular formula is C13H7N5OS. The standard InChI is InChI=1S/C13H7N5OS/c20-8-16-10-3-1-9(2-4-10)13-17-12(18-19-13)11-7-14-5-6-15-11/h1-7H. The van der Waals surface area contributed by atoms with E-state index in [0.29, 0.717) is 17.4 Å². The van der Waals surface area contributed by atoms with Crippen LogP contribution in [0, 0.1) is 0 Å². The van der Waals surface area contributed by atoms with E-state index in [9.17, 15) is 0 Å². The molecule has 0 spiro atoms. The van der Waals surface area contributed by atoms with Crippen LogP contribution in [0.2, 0.25) is 0 Å². The number of isothiocyanates is 1. The molecule has 0 saturated carbocycles. The van der Waals surface area contributed by atoms with Crippen molar-refractivity contribution in [2.24, 2.45) is 4.99 Å². The van der Waals surface area contributed by atoms with Crippen LogP contribution in [-0.2, 0) is 0 Å². The number of nitrogens with zero attached hydrogens (tertiary/aromatic N) is 5. The summed E-state index contributed by atoms with van der Waals surface area (Å²) in [5, 5.41) is 6.19. The number of aromatic nitrogens is 4. The van der Waals surface area contributed by atoms with Gasteiger partial charge >= 0.3 is 0 Å². The molecule has 0 atom stereocenters. The van der Waals surface area contributed by atoms with Crippen LogP contribution in [0.15, 0.2) is 52.4 Å². The molecule has 7 heteroatoms. The molecule has 6 nitrogen and oxygen atoms in total. The second-order valence-corrected chi connectivity index (χ2v) is 3.95. The van der Waals surface area contributed by atoms with Crippen molar-refractivity contribution < 1.29 is 4.52 Å². The average Bonchev–Trinajstić information content (AvgIpc) is 2.99. The number of aliphatic imine (C=N–C) groups is 1. The highest BCUT2D eigenvalue weighted by molar-refractivity contribution is 7.78. The van der Waals surface area contributed by atoms with Crippen LogP contribution in [0.1, 0.15) is 0 Å². The van der Waals surface area contributed by atoms with Crippen LogP contribution in [0.25, 0.3) is 23.0 Å². The molecule has 20 heavy (non-hydrogen) atoms. The van der Waals surface area contributed by atoms with E-state index in [0.717, 1.165) is 11.3 Å². The summed E-state index contributed by atoms with van der Waals surface area (Å²) >= 11 is 4.55. The zero-order chi connectivity index (χ0) is 13.8. The molecule has 3 rings (SSSR count). The number of hydrogen-bond donors (Lipinski definition) is 0. The second-order valence-electron chi connectivity index (χ2n) is 3.76. The zero-order valence-electron chi connectivity index (χ0n) is 10.1. The van der Waals surface area contributed by atoms with Gasteiger partial charge in [-0.25, -0.2) is 4.98 Å². The quantitative estimate of drug-likeness (QED) is 0.542. The van der Waals surface area contributed by atoms with Crippen molar-refractivity contribution in [1.29, 1.82) is 0 Å². The monoisotopic (exact) mass is 281 g/mol. The highest BCUT2D eigenvalue weighted by Gasteiger charge is 2.11. The summed E-state index contributed by atoms with van der Waals surface area (Å²) in [5.74, 6) is 0.803. The lowest BCUT2D eigenvalue weighted by Crippen LogP contribution is -1.86.